The molecule has 0 radical (unpaired) electrons. The van der Waals surface area contributed by atoms with Gasteiger partial charge in [0.25, 0.3) is 0 Å². The van der Waals surface area contributed by atoms with Crippen molar-refractivity contribution < 1.29 is 13.2 Å². The average molecular weight is 373 g/mol. The summed E-state index contributed by atoms with van der Waals surface area (Å²) in [5, 5.41) is 0.446. The summed E-state index contributed by atoms with van der Waals surface area (Å²) in [5.74, 6) is 0.0525. The van der Waals surface area contributed by atoms with Crippen LogP contribution in [0, 0.1) is 0 Å². The van der Waals surface area contributed by atoms with E-state index in [1.54, 1.807) is 0 Å². The Labute approximate surface area is 140 Å². The van der Waals surface area contributed by atoms with Crippen molar-refractivity contribution in [3.63, 3.8) is 0 Å². The zero-order chi connectivity index (χ0) is 15.8. The van der Waals surface area contributed by atoms with Gasteiger partial charge < -0.3 is 4.74 Å². The number of hydrogen-bond acceptors (Lipinski definition) is 3. The fourth-order valence-electron chi connectivity index (χ4n) is 2.36. The zero-order valence-corrected chi connectivity index (χ0v) is 14.7. The standard InChI is InChI=1S/C13H16Cl3NO3S/c1-8-6-17(7-9(2)20-8)21(18,19)12-4-3-11(15)10(5-14)13(12)16/h3-4,8-9H,5-7H2,1-2H3. The van der Waals surface area contributed by atoms with Gasteiger partial charge in [-0.15, -0.1) is 11.6 Å². The number of nitrogens with zero attached hydrogens (tertiary/aromatic N) is 1. The quantitative estimate of drug-likeness (QED) is 0.763. The number of morpholine rings is 1. The van der Waals surface area contributed by atoms with E-state index in [1.165, 1.54) is 16.4 Å². The number of halogens is 3. The van der Waals surface area contributed by atoms with E-state index in [1.807, 2.05) is 13.8 Å². The van der Waals surface area contributed by atoms with E-state index in [-0.39, 0.29) is 28.0 Å². The lowest BCUT2D eigenvalue weighted by Gasteiger charge is -2.34. The maximum Gasteiger partial charge on any atom is 0.244 e. The Hall–Kier alpha value is -0.0400. The maximum atomic E-state index is 12.8. The normalized spacial score (nSPS) is 24.2. The molecule has 1 aliphatic rings. The molecule has 21 heavy (non-hydrogen) atoms. The molecule has 2 unspecified atom stereocenters. The number of ether oxygens (including phenoxy) is 1. The van der Waals surface area contributed by atoms with Gasteiger partial charge in [0.15, 0.2) is 0 Å². The van der Waals surface area contributed by atoms with E-state index < -0.39 is 10.0 Å². The van der Waals surface area contributed by atoms with Gasteiger partial charge >= 0.3 is 0 Å². The van der Waals surface area contributed by atoms with E-state index in [9.17, 15) is 8.42 Å². The fraction of sp³-hybridized carbons (Fsp3) is 0.538. The molecule has 8 heteroatoms. The van der Waals surface area contributed by atoms with Gasteiger partial charge in [0.1, 0.15) is 4.90 Å². The minimum absolute atomic E-state index is 0.0329. The second-order valence-electron chi connectivity index (χ2n) is 5.05. The van der Waals surface area contributed by atoms with E-state index >= 15 is 0 Å². The Morgan fingerprint density at radius 2 is 1.81 bits per heavy atom. The summed E-state index contributed by atoms with van der Waals surface area (Å²) in [6.07, 6.45) is -0.329. The lowest BCUT2D eigenvalue weighted by atomic mass is 10.2. The molecule has 1 saturated heterocycles. The van der Waals surface area contributed by atoms with Gasteiger partial charge in [0.2, 0.25) is 10.0 Å². The Morgan fingerprint density at radius 1 is 1.24 bits per heavy atom. The van der Waals surface area contributed by atoms with E-state index in [4.69, 9.17) is 39.5 Å². The second kappa shape index (κ2) is 6.60. The van der Waals surface area contributed by atoms with Crippen molar-refractivity contribution in [3.8, 4) is 0 Å². The highest BCUT2D eigenvalue weighted by atomic mass is 35.5. The number of hydrogen-bond donors (Lipinski definition) is 0. The van der Waals surface area contributed by atoms with Crippen LogP contribution in [0.2, 0.25) is 10.0 Å². The van der Waals surface area contributed by atoms with Crippen LogP contribution < -0.4 is 0 Å². The molecule has 0 aromatic heterocycles. The molecule has 1 heterocycles. The average Bonchev–Trinajstić information content (AvgIpc) is 2.37. The summed E-state index contributed by atoms with van der Waals surface area (Å²) >= 11 is 18.0. The predicted octanol–water partition coefficient (Wildman–Crippen LogP) is 3.53. The van der Waals surface area contributed by atoms with Gasteiger partial charge in [0, 0.05) is 23.7 Å². The minimum atomic E-state index is -3.70. The van der Waals surface area contributed by atoms with Crippen molar-refractivity contribution in [3.05, 3.63) is 27.7 Å². The third kappa shape index (κ3) is 3.49. The van der Waals surface area contributed by atoms with Gasteiger partial charge in [-0.05, 0) is 26.0 Å². The molecule has 0 saturated carbocycles. The van der Waals surface area contributed by atoms with Crippen LogP contribution in [-0.2, 0) is 20.6 Å². The molecular formula is C13H16Cl3NO3S. The lowest BCUT2D eigenvalue weighted by molar-refractivity contribution is -0.0440. The van der Waals surface area contributed by atoms with Gasteiger partial charge in [0.05, 0.1) is 23.1 Å². The van der Waals surface area contributed by atoms with Gasteiger partial charge in [-0.2, -0.15) is 4.31 Å². The van der Waals surface area contributed by atoms with Crippen LogP contribution in [0.25, 0.3) is 0 Å². The fourth-order valence-corrected chi connectivity index (χ4v) is 5.26. The van der Waals surface area contributed by atoms with Crippen molar-refractivity contribution in [2.45, 2.75) is 36.8 Å². The summed E-state index contributed by atoms with van der Waals surface area (Å²) in [4.78, 5) is 0.0329. The van der Waals surface area contributed by atoms with Crippen molar-refractivity contribution in [2.24, 2.45) is 0 Å². The molecule has 0 spiro atoms. The summed E-state index contributed by atoms with van der Waals surface area (Å²) < 4.78 is 32.5. The van der Waals surface area contributed by atoms with E-state index in [2.05, 4.69) is 0 Å². The van der Waals surface area contributed by atoms with Crippen LogP contribution in [-0.4, -0.2) is 38.0 Å². The van der Waals surface area contributed by atoms with Crippen LogP contribution >= 0.6 is 34.8 Å². The summed E-state index contributed by atoms with van der Waals surface area (Å²) in [5.41, 5.74) is 0.426. The number of sulfonamides is 1. The van der Waals surface area contributed by atoms with Crippen LogP contribution in [0.4, 0.5) is 0 Å². The Morgan fingerprint density at radius 3 is 2.33 bits per heavy atom. The molecular weight excluding hydrogens is 357 g/mol. The van der Waals surface area contributed by atoms with E-state index in [0.29, 0.717) is 23.7 Å². The molecule has 1 aliphatic heterocycles. The first-order valence-electron chi connectivity index (χ1n) is 6.45. The van der Waals surface area contributed by atoms with Gasteiger partial charge in [-0.3, -0.25) is 0 Å². The van der Waals surface area contributed by atoms with Crippen LogP contribution in [0.15, 0.2) is 17.0 Å². The Balaban J connectivity index is 2.45. The molecule has 4 nitrogen and oxygen atoms in total. The van der Waals surface area contributed by atoms with Crippen LogP contribution in [0.3, 0.4) is 0 Å². The molecule has 0 N–H and O–H groups in total. The highest BCUT2D eigenvalue weighted by Gasteiger charge is 2.34. The zero-order valence-electron chi connectivity index (χ0n) is 11.6. The molecule has 2 atom stereocenters. The Kier molecular flexibility index (Phi) is 5.45. The molecule has 1 aromatic carbocycles. The monoisotopic (exact) mass is 371 g/mol. The first-order chi connectivity index (χ1) is 9.77. The number of alkyl halides is 1. The number of benzene rings is 1. The van der Waals surface area contributed by atoms with Crippen molar-refractivity contribution >= 4 is 44.8 Å². The maximum absolute atomic E-state index is 12.8. The molecule has 1 aromatic rings. The highest BCUT2D eigenvalue weighted by Crippen LogP contribution is 2.34. The number of rotatable bonds is 3. The molecule has 118 valence electrons. The first-order valence-corrected chi connectivity index (χ1v) is 9.19. The minimum Gasteiger partial charge on any atom is -0.373 e. The highest BCUT2D eigenvalue weighted by molar-refractivity contribution is 7.89. The SMILES string of the molecule is CC1CN(S(=O)(=O)c2ccc(Cl)c(CCl)c2Cl)CC(C)O1. The molecule has 0 aliphatic carbocycles. The topological polar surface area (TPSA) is 46.6 Å². The molecule has 1 fully saturated rings. The lowest BCUT2D eigenvalue weighted by Crippen LogP contribution is -2.48. The third-order valence-corrected chi connectivity index (χ3v) is 6.33. The smallest absolute Gasteiger partial charge is 0.244 e. The second-order valence-corrected chi connectivity index (χ2v) is 8.01. The van der Waals surface area contributed by atoms with Crippen LogP contribution in [0.1, 0.15) is 19.4 Å². The van der Waals surface area contributed by atoms with E-state index in [0.717, 1.165) is 0 Å². The first kappa shape index (κ1) is 17.3. The molecule has 0 amide bonds. The van der Waals surface area contributed by atoms with Crippen molar-refractivity contribution in [1.82, 2.24) is 4.31 Å². The Bertz CT molecular complexity index is 626. The summed E-state index contributed by atoms with van der Waals surface area (Å²) in [7, 11) is -3.70. The predicted molar refractivity (Wildman–Crippen MR) is 84.8 cm³/mol. The van der Waals surface area contributed by atoms with Gasteiger partial charge in [-0.25, -0.2) is 8.42 Å². The van der Waals surface area contributed by atoms with Gasteiger partial charge in [-0.1, -0.05) is 23.2 Å². The molecule has 0 bridgehead atoms. The largest absolute Gasteiger partial charge is 0.373 e. The molecule has 2 rings (SSSR count). The summed E-state index contributed by atoms with van der Waals surface area (Å²) in [6.45, 7) is 4.27. The van der Waals surface area contributed by atoms with Crippen molar-refractivity contribution in [1.29, 1.82) is 0 Å². The van der Waals surface area contributed by atoms with Crippen LogP contribution in [0.5, 0.6) is 0 Å². The van der Waals surface area contributed by atoms with Crippen molar-refractivity contribution in [2.75, 3.05) is 13.1 Å². The summed E-state index contributed by atoms with van der Waals surface area (Å²) in [6, 6.07) is 2.92. The third-order valence-electron chi connectivity index (χ3n) is 3.29.